The maximum atomic E-state index is 11.3. The zero-order chi connectivity index (χ0) is 10.7. The Balaban J connectivity index is 1.78. The van der Waals surface area contributed by atoms with Gasteiger partial charge in [0.1, 0.15) is 0 Å². The van der Waals surface area contributed by atoms with E-state index in [9.17, 15) is 4.79 Å². The molecule has 0 aliphatic carbocycles. The molecule has 1 saturated heterocycles. The molecule has 4 heteroatoms. The van der Waals surface area contributed by atoms with Gasteiger partial charge in [0.05, 0.1) is 0 Å². The van der Waals surface area contributed by atoms with Gasteiger partial charge in [-0.2, -0.15) is 0 Å². The molecule has 0 bridgehead atoms. The van der Waals surface area contributed by atoms with Crippen LogP contribution >= 0.6 is 0 Å². The van der Waals surface area contributed by atoms with Crippen LogP contribution in [0.2, 0.25) is 0 Å². The average Bonchev–Trinajstić information content (AvgIpc) is 2.73. The highest BCUT2D eigenvalue weighted by atomic mass is 16.2. The van der Waals surface area contributed by atoms with Crippen molar-refractivity contribution in [1.29, 1.82) is 0 Å². The predicted molar refractivity (Wildman–Crippen MR) is 58.3 cm³/mol. The third-order valence-electron chi connectivity index (χ3n) is 2.87. The van der Waals surface area contributed by atoms with Gasteiger partial charge in [-0.1, -0.05) is 0 Å². The number of likely N-dealkylation sites (N-methyl/N-ethyl adjacent to an activating group) is 1. The van der Waals surface area contributed by atoms with Crippen molar-refractivity contribution in [2.24, 2.45) is 0 Å². The molecule has 1 aliphatic heterocycles. The number of aromatic amines is 1. The lowest BCUT2D eigenvalue weighted by Gasteiger charge is -2.30. The van der Waals surface area contributed by atoms with E-state index in [1.807, 2.05) is 19.3 Å². The molecule has 2 rings (SSSR count). The second-order valence-corrected chi connectivity index (χ2v) is 4.09. The van der Waals surface area contributed by atoms with Gasteiger partial charge in [-0.25, -0.2) is 0 Å². The number of nitrogens with zero attached hydrogens (tertiary/aromatic N) is 1. The van der Waals surface area contributed by atoms with E-state index in [4.69, 9.17) is 0 Å². The minimum Gasteiger partial charge on any atom is -0.364 e. The van der Waals surface area contributed by atoms with Gasteiger partial charge in [0.25, 0.3) is 0 Å². The minimum atomic E-state index is 0.257. The second-order valence-electron chi connectivity index (χ2n) is 4.09. The topological polar surface area (TPSA) is 48.1 Å². The number of likely N-dealkylation sites (tertiary alicyclic amines) is 1. The van der Waals surface area contributed by atoms with Gasteiger partial charge in [-0.15, -0.1) is 0 Å². The number of hydrogen-bond acceptors (Lipinski definition) is 2. The van der Waals surface area contributed by atoms with Crippen molar-refractivity contribution in [3.05, 3.63) is 24.0 Å². The van der Waals surface area contributed by atoms with E-state index in [2.05, 4.69) is 16.4 Å². The lowest BCUT2D eigenvalue weighted by molar-refractivity contribution is -0.132. The minimum absolute atomic E-state index is 0.257. The van der Waals surface area contributed by atoms with E-state index in [-0.39, 0.29) is 5.91 Å². The first kappa shape index (κ1) is 10.2. The number of H-pyrrole nitrogens is 1. The standard InChI is InChI=1S/C11H17N3O/c1-14-8-10(4-5-11(14)15)13-7-9-3-2-6-12-9/h2-3,6,10,12-13H,4-5,7-8H2,1H3. The summed E-state index contributed by atoms with van der Waals surface area (Å²) in [5, 5.41) is 3.45. The van der Waals surface area contributed by atoms with Gasteiger partial charge in [0.2, 0.25) is 5.91 Å². The van der Waals surface area contributed by atoms with E-state index >= 15 is 0 Å². The van der Waals surface area contributed by atoms with Gasteiger partial charge in [-0.05, 0) is 18.6 Å². The first-order valence-electron chi connectivity index (χ1n) is 5.35. The summed E-state index contributed by atoms with van der Waals surface area (Å²) in [6.07, 6.45) is 3.54. The molecule has 1 aromatic heterocycles. The lowest BCUT2D eigenvalue weighted by atomic mass is 10.1. The number of hydrogen-bond donors (Lipinski definition) is 2. The predicted octanol–water partition coefficient (Wildman–Crippen LogP) is 0.725. The molecule has 0 aromatic carbocycles. The summed E-state index contributed by atoms with van der Waals surface area (Å²) in [6, 6.07) is 4.48. The third kappa shape index (κ3) is 2.59. The van der Waals surface area contributed by atoms with Crippen LogP contribution < -0.4 is 5.32 Å². The smallest absolute Gasteiger partial charge is 0.222 e. The fourth-order valence-electron chi connectivity index (χ4n) is 1.91. The number of aromatic nitrogens is 1. The fourth-order valence-corrected chi connectivity index (χ4v) is 1.91. The van der Waals surface area contributed by atoms with E-state index < -0.39 is 0 Å². The monoisotopic (exact) mass is 207 g/mol. The molecule has 15 heavy (non-hydrogen) atoms. The highest BCUT2D eigenvalue weighted by Gasteiger charge is 2.21. The first-order chi connectivity index (χ1) is 7.25. The first-order valence-corrected chi connectivity index (χ1v) is 5.35. The van der Waals surface area contributed by atoms with Crippen LogP contribution in [0.15, 0.2) is 18.3 Å². The van der Waals surface area contributed by atoms with Crippen LogP contribution in [0.1, 0.15) is 18.5 Å². The van der Waals surface area contributed by atoms with E-state index in [0.29, 0.717) is 12.5 Å². The molecule has 2 N–H and O–H groups in total. The largest absolute Gasteiger partial charge is 0.364 e. The maximum Gasteiger partial charge on any atom is 0.222 e. The Morgan fingerprint density at radius 2 is 2.53 bits per heavy atom. The molecule has 4 nitrogen and oxygen atoms in total. The second kappa shape index (κ2) is 4.49. The summed E-state index contributed by atoms with van der Waals surface area (Å²) in [5.41, 5.74) is 1.19. The van der Waals surface area contributed by atoms with Crippen LogP contribution in [0.25, 0.3) is 0 Å². The molecule has 82 valence electrons. The summed E-state index contributed by atoms with van der Waals surface area (Å²) in [7, 11) is 1.87. The summed E-state index contributed by atoms with van der Waals surface area (Å²) >= 11 is 0. The summed E-state index contributed by atoms with van der Waals surface area (Å²) < 4.78 is 0. The Bertz CT molecular complexity index is 321. The van der Waals surface area contributed by atoms with Crippen molar-refractivity contribution in [3.8, 4) is 0 Å². The zero-order valence-electron chi connectivity index (χ0n) is 8.99. The summed E-state index contributed by atoms with van der Waals surface area (Å²) in [5.74, 6) is 0.257. The molecule has 0 saturated carbocycles. The van der Waals surface area contributed by atoms with Crippen LogP contribution in [0.5, 0.6) is 0 Å². The molecule has 1 atom stereocenters. The van der Waals surface area contributed by atoms with Crippen molar-refractivity contribution in [1.82, 2.24) is 15.2 Å². The Kier molecular flexibility index (Phi) is 3.06. The number of rotatable bonds is 3. The van der Waals surface area contributed by atoms with Crippen LogP contribution in [-0.2, 0) is 11.3 Å². The fraction of sp³-hybridized carbons (Fsp3) is 0.545. The molecular weight excluding hydrogens is 190 g/mol. The molecule has 1 unspecified atom stereocenters. The maximum absolute atomic E-state index is 11.3. The third-order valence-corrected chi connectivity index (χ3v) is 2.87. The number of carbonyl (C=O) groups excluding carboxylic acids is 1. The van der Waals surface area contributed by atoms with Crippen LogP contribution in [0.4, 0.5) is 0 Å². The Morgan fingerprint density at radius 3 is 3.20 bits per heavy atom. The number of amides is 1. The number of nitrogens with one attached hydrogen (secondary N) is 2. The van der Waals surface area contributed by atoms with Gasteiger partial charge in [0.15, 0.2) is 0 Å². The molecule has 2 heterocycles. The molecular formula is C11H17N3O. The Hall–Kier alpha value is -1.29. The van der Waals surface area contributed by atoms with Crippen molar-refractivity contribution < 1.29 is 4.79 Å². The van der Waals surface area contributed by atoms with Crippen molar-refractivity contribution in [2.75, 3.05) is 13.6 Å². The van der Waals surface area contributed by atoms with Crippen LogP contribution in [-0.4, -0.2) is 35.4 Å². The van der Waals surface area contributed by atoms with Crippen molar-refractivity contribution in [3.63, 3.8) is 0 Å². The zero-order valence-corrected chi connectivity index (χ0v) is 8.99. The molecule has 0 spiro atoms. The SMILES string of the molecule is CN1CC(NCc2ccc[nH]2)CCC1=O. The lowest BCUT2D eigenvalue weighted by Crippen LogP contribution is -2.46. The Morgan fingerprint density at radius 1 is 1.67 bits per heavy atom. The van der Waals surface area contributed by atoms with Crippen LogP contribution in [0.3, 0.4) is 0 Å². The normalized spacial score (nSPS) is 22.1. The Labute approximate surface area is 89.7 Å². The van der Waals surface area contributed by atoms with Crippen molar-refractivity contribution >= 4 is 5.91 Å². The summed E-state index contributed by atoms with van der Waals surface area (Å²) in [6.45, 7) is 1.67. The van der Waals surface area contributed by atoms with Gasteiger partial charge >= 0.3 is 0 Å². The average molecular weight is 207 g/mol. The summed E-state index contributed by atoms with van der Waals surface area (Å²) in [4.78, 5) is 16.2. The van der Waals surface area contributed by atoms with Gasteiger partial charge < -0.3 is 15.2 Å². The molecule has 0 radical (unpaired) electrons. The number of piperidine rings is 1. The van der Waals surface area contributed by atoms with E-state index in [0.717, 1.165) is 19.5 Å². The quantitative estimate of drug-likeness (QED) is 0.767. The number of carbonyl (C=O) groups is 1. The molecule has 1 amide bonds. The molecule has 1 aromatic rings. The van der Waals surface area contributed by atoms with E-state index in [1.54, 1.807) is 4.90 Å². The van der Waals surface area contributed by atoms with Gasteiger partial charge in [-0.3, -0.25) is 4.79 Å². The van der Waals surface area contributed by atoms with Crippen LogP contribution in [0, 0.1) is 0 Å². The highest BCUT2D eigenvalue weighted by molar-refractivity contribution is 5.76. The highest BCUT2D eigenvalue weighted by Crippen LogP contribution is 2.10. The molecule has 1 aliphatic rings. The van der Waals surface area contributed by atoms with E-state index in [1.165, 1.54) is 5.69 Å². The van der Waals surface area contributed by atoms with Crippen molar-refractivity contribution in [2.45, 2.75) is 25.4 Å². The molecule has 1 fully saturated rings. The van der Waals surface area contributed by atoms with Gasteiger partial charge in [0, 0.05) is 44.5 Å².